The molecule has 0 saturated heterocycles. The molecule has 1 N–H and O–H groups in total. The molecule has 12 heteroatoms. The summed E-state index contributed by atoms with van der Waals surface area (Å²) in [5.41, 5.74) is 3.83. The Morgan fingerprint density at radius 2 is 1.71 bits per heavy atom. The third-order valence-corrected chi connectivity index (χ3v) is 5.78. The monoisotopic (exact) mass is 500 g/mol. The van der Waals surface area contributed by atoms with Crippen LogP contribution in [0, 0.1) is 15.9 Å². The summed E-state index contributed by atoms with van der Waals surface area (Å²) in [6.45, 7) is -0.302. The number of halogens is 1. The summed E-state index contributed by atoms with van der Waals surface area (Å²) in [4.78, 5) is 22.4. The second-order valence-electron chi connectivity index (χ2n) is 7.32. The largest absolute Gasteiger partial charge is 0.489 e. The summed E-state index contributed by atoms with van der Waals surface area (Å²) < 4.78 is 43.7. The molecular formula is C23H21FN4O6S. The van der Waals surface area contributed by atoms with Crippen molar-refractivity contribution in [1.29, 1.82) is 0 Å². The summed E-state index contributed by atoms with van der Waals surface area (Å²) >= 11 is 0. The van der Waals surface area contributed by atoms with Gasteiger partial charge >= 0.3 is 0 Å². The highest BCUT2D eigenvalue weighted by Crippen LogP contribution is 2.18. The molecule has 0 aliphatic carbocycles. The first-order chi connectivity index (χ1) is 16.6. The van der Waals surface area contributed by atoms with E-state index in [0.29, 0.717) is 11.3 Å². The Morgan fingerprint density at radius 1 is 1.09 bits per heavy atom. The quantitative estimate of drug-likeness (QED) is 0.258. The van der Waals surface area contributed by atoms with Gasteiger partial charge in [-0.2, -0.15) is 5.10 Å². The van der Waals surface area contributed by atoms with Crippen molar-refractivity contribution in [1.82, 2.24) is 5.43 Å². The summed E-state index contributed by atoms with van der Waals surface area (Å²) in [6, 6.07) is 17.5. The Hall–Kier alpha value is -4.32. The lowest BCUT2D eigenvalue weighted by molar-refractivity contribution is -0.384. The molecule has 10 nitrogen and oxygen atoms in total. The van der Waals surface area contributed by atoms with Gasteiger partial charge in [-0.15, -0.1) is 0 Å². The highest BCUT2D eigenvalue weighted by molar-refractivity contribution is 7.92. The number of hydrazone groups is 1. The molecule has 0 bridgehead atoms. The van der Waals surface area contributed by atoms with Crippen LogP contribution in [0.25, 0.3) is 0 Å². The van der Waals surface area contributed by atoms with Gasteiger partial charge in [-0.05, 0) is 71.8 Å². The number of anilines is 1. The fourth-order valence-electron chi connectivity index (χ4n) is 2.88. The van der Waals surface area contributed by atoms with E-state index in [4.69, 9.17) is 4.74 Å². The fraction of sp³-hybridized carbons (Fsp3) is 0.130. The summed E-state index contributed by atoms with van der Waals surface area (Å²) in [7, 11) is -3.79. The Kier molecular flexibility index (Phi) is 8.10. The van der Waals surface area contributed by atoms with Gasteiger partial charge in [0.15, 0.2) is 0 Å². The van der Waals surface area contributed by atoms with Crippen LogP contribution in [0.4, 0.5) is 15.8 Å². The smallest absolute Gasteiger partial charge is 0.269 e. The maximum Gasteiger partial charge on any atom is 0.269 e. The predicted octanol–water partition coefficient (Wildman–Crippen LogP) is 3.23. The molecule has 182 valence electrons. The first kappa shape index (κ1) is 25.3. The Bertz CT molecular complexity index is 1310. The van der Waals surface area contributed by atoms with E-state index >= 15 is 0 Å². The number of sulfonamides is 1. The van der Waals surface area contributed by atoms with E-state index in [1.807, 2.05) is 0 Å². The van der Waals surface area contributed by atoms with Crippen molar-refractivity contribution >= 4 is 33.5 Å². The number of hydrogen-bond acceptors (Lipinski definition) is 7. The van der Waals surface area contributed by atoms with E-state index in [9.17, 15) is 27.7 Å². The number of carbonyl (C=O) groups excluding carboxylic acids is 1. The van der Waals surface area contributed by atoms with Gasteiger partial charge in [-0.1, -0.05) is 0 Å². The van der Waals surface area contributed by atoms with Gasteiger partial charge in [0.1, 0.15) is 24.7 Å². The van der Waals surface area contributed by atoms with Gasteiger partial charge in [-0.25, -0.2) is 18.2 Å². The third-order valence-electron chi connectivity index (χ3n) is 4.64. The van der Waals surface area contributed by atoms with E-state index < -0.39 is 33.2 Å². The second-order valence-corrected chi connectivity index (χ2v) is 9.23. The summed E-state index contributed by atoms with van der Waals surface area (Å²) in [6.07, 6.45) is 2.32. The lowest BCUT2D eigenvalue weighted by atomic mass is 10.2. The van der Waals surface area contributed by atoms with Crippen LogP contribution in [0.1, 0.15) is 11.1 Å². The van der Waals surface area contributed by atoms with E-state index in [1.165, 1.54) is 30.5 Å². The molecule has 3 aromatic rings. The molecule has 35 heavy (non-hydrogen) atoms. The minimum Gasteiger partial charge on any atom is -0.489 e. The molecule has 3 aromatic carbocycles. The molecule has 0 heterocycles. The number of carbonyl (C=O) groups is 1. The van der Waals surface area contributed by atoms with Crippen molar-refractivity contribution < 1.29 is 27.3 Å². The van der Waals surface area contributed by atoms with Gasteiger partial charge < -0.3 is 4.74 Å². The maximum absolute atomic E-state index is 13.1. The first-order valence-electron chi connectivity index (χ1n) is 10.1. The van der Waals surface area contributed by atoms with Gasteiger partial charge in [0.25, 0.3) is 11.6 Å². The molecule has 0 atom stereocenters. The highest BCUT2D eigenvalue weighted by atomic mass is 32.2. The van der Waals surface area contributed by atoms with Crippen LogP contribution in [0.5, 0.6) is 5.75 Å². The van der Waals surface area contributed by atoms with Crippen molar-refractivity contribution in [3.8, 4) is 5.75 Å². The molecule has 0 spiro atoms. The molecule has 0 fully saturated rings. The van der Waals surface area contributed by atoms with Crippen molar-refractivity contribution in [3.05, 3.63) is 99.9 Å². The van der Waals surface area contributed by atoms with Crippen LogP contribution < -0.4 is 14.5 Å². The molecular weight excluding hydrogens is 479 g/mol. The van der Waals surface area contributed by atoms with E-state index in [-0.39, 0.29) is 18.0 Å². The van der Waals surface area contributed by atoms with E-state index in [2.05, 4.69) is 10.5 Å². The third kappa shape index (κ3) is 7.61. The molecule has 0 unspecified atom stereocenters. The minimum absolute atomic E-state index is 0.00367. The van der Waals surface area contributed by atoms with Crippen molar-refractivity contribution in [2.24, 2.45) is 5.10 Å². The number of hydrogen-bond donors (Lipinski definition) is 1. The predicted molar refractivity (Wildman–Crippen MR) is 128 cm³/mol. The zero-order valence-corrected chi connectivity index (χ0v) is 19.3. The van der Waals surface area contributed by atoms with Crippen molar-refractivity contribution in [3.63, 3.8) is 0 Å². The van der Waals surface area contributed by atoms with Crippen LogP contribution in [-0.2, 0) is 21.4 Å². The van der Waals surface area contributed by atoms with E-state index in [0.717, 1.165) is 28.3 Å². The number of benzene rings is 3. The number of ether oxygens (including phenoxy) is 1. The fourth-order valence-corrected chi connectivity index (χ4v) is 3.74. The van der Waals surface area contributed by atoms with Crippen LogP contribution in [0.2, 0.25) is 0 Å². The molecule has 1 amide bonds. The Labute approximate surface area is 200 Å². The molecule has 0 radical (unpaired) electrons. The first-order valence-corrected chi connectivity index (χ1v) is 12.0. The van der Waals surface area contributed by atoms with Crippen molar-refractivity contribution in [2.75, 3.05) is 17.1 Å². The zero-order chi connectivity index (χ0) is 25.4. The number of nitrogens with one attached hydrogen (secondary N) is 1. The van der Waals surface area contributed by atoms with Gasteiger partial charge in [0.2, 0.25) is 10.0 Å². The Morgan fingerprint density at radius 3 is 2.29 bits per heavy atom. The lowest BCUT2D eigenvalue weighted by Crippen LogP contribution is -2.39. The number of amides is 1. The van der Waals surface area contributed by atoms with Gasteiger partial charge in [0, 0.05) is 12.1 Å². The van der Waals surface area contributed by atoms with Crippen LogP contribution in [0.3, 0.4) is 0 Å². The number of nitrogens with zero attached hydrogens (tertiary/aromatic N) is 3. The SMILES string of the molecule is CS(=O)(=O)N(CC(=O)N/N=C\c1ccc(OCc2ccc([N+](=O)[O-])cc2)cc1)c1ccc(F)cc1. The summed E-state index contributed by atoms with van der Waals surface area (Å²) in [5.74, 6) is -0.647. The minimum atomic E-state index is -3.79. The number of nitro groups is 1. The molecule has 3 rings (SSSR count). The highest BCUT2D eigenvalue weighted by Gasteiger charge is 2.20. The van der Waals surface area contributed by atoms with E-state index in [1.54, 1.807) is 36.4 Å². The Balaban J connectivity index is 1.52. The molecule has 0 aliphatic heterocycles. The average molecular weight is 501 g/mol. The van der Waals surface area contributed by atoms with Crippen molar-refractivity contribution in [2.45, 2.75) is 6.61 Å². The number of non-ortho nitro benzene ring substituents is 1. The topological polar surface area (TPSA) is 131 Å². The van der Waals surface area contributed by atoms with Crippen LogP contribution >= 0.6 is 0 Å². The van der Waals surface area contributed by atoms with Gasteiger partial charge in [0.05, 0.1) is 23.1 Å². The number of rotatable bonds is 10. The molecule has 0 aromatic heterocycles. The number of nitro benzene ring substituents is 1. The van der Waals surface area contributed by atoms with Crippen LogP contribution in [-0.4, -0.2) is 38.3 Å². The van der Waals surface area contributed by atoms with Crippen LogP contribution in [0.15, 0.2) is 77.9 Å². The standard InChI is InChI=1S/C23H21FN4O6S/c1-35(32,33)27(20-10-6-19(24)7-11-20)15-23(29)26-25-14-17-4-12-22(13-5-17)34-16-18-2-8-21(9-3-18)28(30)31/h2-14H,15-16H2,1H3,(H,26,29)/b25-14-. The summed E-state index contributed by atoms with van der Waals surface area (Å²) in [5, 5.41) is 14.5. The average Bonchev–Trinajstić information content (AvgIpc) is 2.82. The molecule has 0 aliphatic rings. The zero-order valence-electron chi connectivity index (χ0n) is 18.5. The maximum atomic E-state index is 13.1. The van der Waals surface area contributed by atoms with Gasteiger partial charge in [-0.3, -0.25) is 19.2 Å². The second kappa shape index (κ2) is 11.2. The lowest BCUT2D eigenvalue weighted by Gasteiger charge is -2.21. The normalized spacial score (nSPS) is 11.3. The molecule has 0 saturated carbocycles.